The van der Waals surface area contributed by atoms with Gasteiger partial charge in [-0.25, -0.2) is 0 Å². The van der Waals surface area contributed by atoms with E-state index in [1.807, 2.05) is 31.2 Å². The number of aliphatic hydroxyl groups is 1. The molecule has 2 nitrogen and oxygen atoms in total. The van der Waals surface area contributed by atoms with Crippen LogP contribution in [0, 0.1) is 5.92 Å². The van der Waals surface area contributed by atoms with Crippen molar-refractivity contribution in [3.05, 3.63) is 34.3 Å². The minimum Gasteiger partial charge on any atom is -0.390 e. The molecule has 0 spiro atoms. The van der Waals surface area contributed by atoms with Crippen molar-refractivity contribution in [1.29, 1.82) is 0 Å². The van der Waals surface area contributed by atoms with Crippen molar-refractivity contribution in [2.45, 2.75) is 38.4 Å². The van der Waals surface area contributed by atoms with E-state index < -0.39 is 6.10 Å². The summed E-state index contributed by atoms with van der Waals surface area (Å²) in [5, 5.41) is 10.3. The standard InChI is InChI=1S/C14H19BrO2/c1-2-17-14(10-7-8-10)13(16)9-11-5-3-4-6-12(11)15/h3-6,10,13-14,16H,2,7-9H2,1H3. The van der Waals surface area contributed by atoms with E-state index in [-0.39, 0.29) is 6.10 Å². The molecule has 0 radical (unpaired) electrons. The Morgan fingerprint density at radius 3 is 2.71 bits per heavy atom. The minimum absolute atomic E-state index is 0.00658. The van der Waals surface area contributed by atoms with E-state index in [1.165, 1.54) is 12.8 Å². The highest BCUT2D eigenvalue weighted by Crippen LogP contribution is 2.36. The fourth-order valence-electron chi connectivity index (χ4n) is 2.18. The van der Waals surface area contributed by atoms with Crippen LogP contribution in [-0.4, -0.2) is 23.9 Å². The first kappa shape index (κ1) is 13.1. The molecule has 0 heterocycles. The van der Waals surface area contributed by atoms with Gasteiger partial charge >= 0.3 is 0 Å². The zero-order valence-electron chi connectivity index (χ0n) is 10.1. The molecule has 2 atom stereocenters. The van der Waals surface area contributed by atoms with Crippen LogP contribution < -0.4 is 0 Å². The molecular formula is C14H19BrO2. The molecule has 1 aliphatic rings. The summed E-state index contributed by atoms with van der Waals surface area (Å²) in [5.74, 6) is 0.562. The van der Waals surface area contributed by atoms with E-state index in [2.05, 4.69) is 15.9 Å². The molecule has 0 aromatic heterocycles. The highest BCUT2D eigenvalue weighted by atomic mass is 79.9. The predicted octanol–water partition coefficient (Wildman–Crippen LogP) is 3.17. The van der Waals surface area contributed by atoms with Crippen LogP contribution in [0.5, 0.6) is 0 Å². The van der Waals surface area contributed by atoms with Gasteiger partial charge in [0, 0.05) is 17.5 Å². The van der Waals surface area contributed by atoms with Gasteiger partial charge < -0.3 is 9.84 Å². The van der Waals surface area contributed by atoms with Crippen molar-refractivity contribution < 1.29 is 9.84 Å². The van der Waals surface area contributed by atoms with Crippen LogP contribution in [0.15, 0.2) is 28.7 Å². The zero-order valence-corrected chi connectivity index (χ0v) is 11.7. The van der Waals surface area contributed by atoms with Crippen LogP contribution >= 0.6 is 15.9 Å². The van der Waals surface area contributed by atoms with Crippen molar-refractivity contribution in [2.75, 3.05) is 6.61 Å². The third-order valence-electron chi connectivity index (χ3n) is 3.21. The second-order valence-corrected chi connectivity index (χ2v) is 5.47. The second kappa shape index (κ2) is 5.98. The maximum absolute atomic E-state index is 10.3. The molecule has 1 N–H and O–H groups in total. The molecular weight excluding hydrogens is 280 g/mol. The van der Waals surface area contributed by atoms with Gasteiger partial charge in [-0.3, -0.25) is 0 Å². The molecule has 0 saturated heterocycles. The Kier molecular flexibility index (Phi) is 4.60. The molecule has 0 bridgehead atoms. The number of halogens is 1. The topological polar surface area (TPSA) is 29.5 Å². The number of aliphatic hydroxyl groups excluding tert-OH is 1. The fraction of sp³-hybridized carbons (Fsp3) is 0.571. The fourth-order valence-corrected chi connectivity index (χ4v) is 2.63. The van der Waals surface area contributed by atoms with Crippen LogP contribution in [0.3, 0.4) is 0 Å². The summed E-state index contributed by atoms with van der Waals surface area (Å²) in [5.41, 5.74) is 1.14. The van der Waals surface area contributed by atoms with Gasteiger partial charge in [-0.2, -0.15) is 0 Å². The van der Waals surface area contributed by atoms with Gasteiger partial charge in [0.25, 0.3) is 0 Å². The molecule has 94 valence electrons. The molecule has 1 aliphatic carbocycles. The third kappa shape index (κ3) is 3.54. The molecule has 1 saturated carbocycles. The highest BCUT2D eigenvalue weighted by Gasteiger charge is 2.36. The molecule has 1 aromatic carbocycles. The first-order valence-corrected chi connectivity index (χ1v) is 7.04. The zero-order chi connectivity index (χ0) is 12.3. The summed E-state index contributed by atoms with van der Waals surface area (Å²) in [7, 11) is 0. The molecule has 3 heteroatoms. The second-order valence-electron chi connectivity index (χ2n) is 4.62. The summed E-state index contributed by atoms with van der Waals surface area (Å²) in [6, 6.07) is 8.04. The normalized spacial score (nSPS) is 19.0. The largest absolute Gasteiger partial charge is 0.390 e. The predicted molar refractivity (Wildman–Crippen MR) is 72.0 cm³/mol. The van der Waals surface area contributed by atoms with Crippen LogP contribution in [0.4, 0.5) is 0 Å². The molecule has 17 heavy (non-hydrogen) atoms. The lowest BCUT2D eigenvalue weighted by Crippen LogP contribution is -2.33. The Balaban J connectivity index is 1.99. The Morgan fingerprint density at radius 2 is 2.12 bits per heavy atom. The SMILES string of the molecule is CCOC(C(O)Cc1ccccc1Br)C1CC1. The quantitative estimate of drug-likeness (QED) is 0.874. The van der Waals surface area contributed by atoms with Gasteiger partial charge in [0.2, 0.25) is 0 Å². The summed E-state index contributed by atoms with van der Waals surface area (Å²) < 4.78 is 6.73. The summed E-state index contributed by atoms with van der Waals surface area (Å²) in [6.45, 7) is 2.66. The lowest BCUT2D eigenvalue weighted by atomic mass is 10.0. The average Bonchev–Trinajstić information content (AvgIpc) is 3.13. The Morgan fingerprint density at radius 1 is 1.41 bits per heavy atom. The number of hydrogen-bond acceptors (Lipinski definition) is 2. The van der Waals surface area contributed by atoms with E-state index in [4.69, 9.17) is 4.74 Å². The number of ether oxygens (including phenoxy) is 1. The Labute approximate surface area is 111 Å². The van der Waals surface area contributed by atoms with Gasteiger partial charge in [-0.1, -0.05) is 34.1 Å². The van der Waals surface area contributed by atoms with Crippen molar-refractivity contribution in [2.24, 2.45) is 5.92 Å². The van der Waals surface area contributed by atoms with Crippen LogP contribution in [-0.2, 0) is 11.2 Å². The number of rotatable bonds is 6. The van der Waals surface area contributed by atoms with E-state index in [9.17, 15) is 5.11 Å². The molecule has 0 aliphatic heterocycles. The lowest BCUT2D eigenvalue weighted by molar-refractivity contribution is -0.0440. The monoisotopic (exact) mass is 298 g/mol. The van der Waals surface area contributed by atoms with Crippen molar-refractivity contribution in [3.63, 3.8) is 0 Å². The van der Waals surface area contributed by atoms with Gasteiger partial charge in [0.1, 0.15) is 0 Å². The number of hydrogen-bond donors (Lipinski definition) is 1. The highest BCUT2D eigenvalue weighted by molar-refractivity contribution is 9.10. The van der Waals surface area contributed by atoms with E-state index in [1.54, 1.807) is 0 Å². The van der Waals surface area contributed by atoms with Crippen molar-refractivity contribution in [3.8, 4) is 0 Å². The molecule has 1 aromatic rings. The first-order valence-electron chi connectivity index (χ1n) is 6.25. The Hall–Kier alpha value is -0.380. The minimum atomic E-state index is -0.402. The maximum Gasteiger partial charge on any atom is 0.0865 e. The maximum atomic E-state index is 10.3. The molecule has 2 rings (SSSR count). The van der Waals surface area contributed by atoms with Gasteiger partial charge in [0.15, 0.2) is 0 Å². The Bertz CT molecular complexity index is 363. The first-order chi connectivity index (χ1) is 8.22. The van der Waals surface area contributed by atoms with Crippen LogP contribution in [0.2, 0.25) is 0 Å². The number of benzene rings is 1. The van der Waals surface area contributed by atoms with Crippen molar-refractivity contribution in [1.82, 2.24) is 0 Å². The van der Waals surface area contributed by atoms with Gasteiger partial charge in [-0.05, 0) is 37.3 Å². The van der Waals surface area contributed by atoms with Gasteiger partial charge in [-0.15, -0.1) is 0 Å². The van der Waals surface area contributed by atoms with E-state index in [0.29, 0.717) is 18.9 Å². The smallest absolute Gasteiger partial charge is 0.0865 e. The van der Waals surface area contributed by atoms with Gasteiger partial charge in [0.05, 0.1) is 12.2 Å². The van der Waals surface area contributed by atoms with Crippen molar-refractivity contribution >= 4 is 15.9 Å². The van der Waals surface area contributed by atoms with E-state index >= 15 is 0 Å². The molecule has 2 unspecified atom stereocenters. The van der Waals surface area contributed by atoms with E-state index in [0.717, 1.165) is 10.0 Å². The lowest BCUT2D eigenvalue weighted by Gasteiger charge is -2.23. The average molecular weight is 299 g/mol. The summed E-state index contributed by atoms with van der Waals surface area (Å²) >= 11 is 3.51. The summed E-state index contributed by atoms with van der Waals surface area (Å²) in [6.07, 6.45) is 2.64. The van der Waals surface area contributed by atoms with Crippen LogP contribution in [0.25, 0.3) is 0 Å². The summed E-state index contributed by atoms with van der Waals surface area (Å²) in [4.78, 5) is 0. The molecule has 0 amide bonds. The molecule has 1 fully saturated rings. The third-order valence-corrected chi connectivity index (χ3v) is 3.99. The van der Waals surface area contributed by atoms with Crippen LogP contribution in [0.1, 0.15) is 25.3 Å².